The van der Waals surface area contributed by atoms with E-state index >= 15 is 0 Å². The first-order chi connectivity index (χ1) is 11.3. The molecular formula is C16H17N5O2. The minimum absolute atomic E-state index is 0.102. The van der Waals surface area contributed by atoms with Gasteiger partial charge in [-0.15, -0.1) is 5.10 Å². The molecule has 23 heavy (non-hydrogen) atoms. The predicted octanol–water partition coefficient (Wildman–Crippen LogP) is 1.35. The van der Waals surface area contributed by atoms with Crippen LogP contribution in [-0.2, 0) is 4.74 Å². The molecule has 0 aromatic carbocycles. The number of nitrogens with zero attached hydrogens (tertiary/aromatic N) is 4. The molecule has 1 aliphatic heterocycles. The van der Waals surface area contributed by atoms with E-state index in [0.29, 0.717) is 19.2 Å². The van der Waals surface area contributed by atoms with Gasteiger partial charge in [0, 0.05) is 12.8 Å². The summed E-state index contributed by atoms with van der Waals surface area (Å²) in [4.78, 5) is 8.70. The van der Waals surface area contributed by atoms with Gasteiger partial charge in [0.1, 0.15) is 0 Å². The maximum atomic E-state index is 9.98. The van der Waals surface area contributed by atoms with Gasteiger partial charge in [-0.3, -0.25) is 4.98 Å². The second kappa shape index (κ2) is 5.94. The quantitative estimate of drug-likeness (QED) is 0.759. The fourth-order valence-corrected chi connectivity index (χ4v) is 2.73. The third kappa shape index (κ3) is 2.76. The van der Waals surface area contributed by atoms with Crippen molar-refractivity contribution in [2.45, 2.75) is 18.6 Å². The second-order valence-corrected chi connectivity index (χ2v) is 5.53. The Morgan fingerprint density at radius 3 is 3.00 bits per heavy atom. The summed E-state index contributed by atoms with van der Waals surface area (Å²) < 4.78 is 7.05. The molecular weight excluding hydrogens is 294 g/mol. The van der Waals surface area contributed by atoms with Gasteiger partial charge in [-0.2, -0.15) is 0 Å². The van der Waals surface area contributed by atoms with Crippen LogP contribution in [0, 0.1) is 0 Å². The molecule has 0 radical (unpaired) electrons. The SMILES string of the molecule is O[C@@H]1COCC[C@H]1Nc1ncc2ccc(-c3ccccn3)n2n1. The molecule has 1 saturated heterocycles. The van der Waals surface area contributed by atoms with Crippen molar-refractivity contribution in [2.75, 3.05) is 18.5 Å². The van der Waals surface area contributed by atoms with Crippen LogP contribution in [0.4, 0.5) is 5.95 Å². The molecule has 3 aromatic heterocycles. The Morgan fingerprint density at radius 1 is 1.22 bits per heavy atom. The van der Waals surface area contributed by atoms with Crippen LogP contribution in [0.5, 0.6) is 0 Å². The molecule has 118 valence electrons. The Morgan fingerprint density at radius 2 is 2.17 bits per heavy atom. The lowest BCUT2D eigenvalue weighted by Gasteiger charge is -2.28. The predicted molar refractivity (Wildman–Crippen MR) is 85.1 cm³/mol. The molecule has 1 fully saturated rings. The highest BCUT2D eigenvalue weighted by Gasteiger charge is 2.24. The Hall–Kier alpha value is -2.51. The number of ether oxygens (including phenoxy) is 1. The third-order valence-electron chi connectivity index (χ3n) is 3.97. The molecule has 0 bridgehead atoms. The van der Waals surface area contributed by atoms with Crippen molar-refractivity contribution in [3.63, 3.8) is 0 Å². The van der Waals surface area contributed by atoms with Crippen LogP contribution in [0.1, 0.15) is 6.42 Å². The van der Waals surface area contributed by atoms with Gasteiger partial charge in [-0.25, -0.2) is 9.50 Å². The second-order valence-electron chi connectivity index (χ2n) is 5.53. The van der Waals surface area contributed by atoms with Crippen molar-refractivity contribution in [2.24, 2.45) is 0 Å². The molecule has 2 atom stereocenters. The third-order valence-corrected chi connectivity index (χ3v) is 3.97. The zero-order chi connectivity index (χ0) is 15.6. The number of anilines is 1. The Labute approximate surface area is 133 Å². The monoisotopic (exact) mass is 311 g/mol. The van der Waals surface area contributed by atoms with Gasteiger partial charge < -0.3 is 15.2 Å². The van der Waals surface area contributed by atoms with E-state index < -0.39 is 6.10 Å². The average molecular weight is 311 g/mol. The molecule has 4 heterocycles. The standard InChI is InChI=1S/C16H17N5O2/c22-15-10-23-8-6-13(15)19-16-18-9-11-4-5-14(21(11)20-16)12-3-1-2-7-17-12/h1-5,7,9,13,15,22H,6,8,10H2,(H,19,20)/t13-,15-/m1/s1. The maximum Gasteiger partial charge on any atom is 0.241 e. The number of hydrogen-bond acceptors (Lipinski definition) is 6. The van der Waals surface area contributed by atoms with Crippen molar-refractivity contribution in [3.8, 4) is 11.4 Å². The van der Waals surface area contributed by atoms with Crippen molar-refractivity contribution >= 4 is 11.5 Å². The van der Waals surface area contributed by atoms with Gasteiger partial charge in [-0.05, 0) is 30.7 Å². The van der Waals surface area contributed by atoms with E-state index in [1.807, 2.05) is 34.8 Å². The summed E-state index contributed by atoms with van der Waals surface area (Å²) >= 11 is 0. The molecule has 0 unspecified atom stereocenters. The summed E-state index contributed by atoms with van der Waals surface area (Å²) in [6.07, 6.45) is 3.69. The molecule has 2 N–H and O–H groups in total. The van der Waals surface area contributed by atoms with E-state index in [1.54, 1.807) is 12.4 Å². The van der Waals surface area contributed by atoms with Crippen LogP contribution in [-0.4, -0.2) is 50.0 Å². The number of aliphatic hydroxyl groups is 1. The maximum absolute atomic E-state index is 9.98. The molecule has 4 rings (SSSR count). The number of rotatable bonds is 3. The number of aliphatic hydroxyl groups excluding tert-OH is 1. The van der Waals surface area contributed by atoms with Crippen molar-refractivity contribution < 1.29 is 9.84 Å². The Bertz CT molecular complexity index is 805. The number of pyridine rings is 1. The molecule has 1 aliphatic rings. The minimum atomic E-state index is -0.553. The number of aromatic nitrogens is 4. The van der Waals surface area contributed by atoms with E-state index in [9.17, 15) is 5.11 Å². The van der Waals surface area contributed by atoms with Crippen LogP contribution in [0.2, 0.25) is 0 Å². The van der Waals surface area contributed by atoms with E-state index in [2.05, 4.69) is 20.4 Å². The van der Waals surface area contributed by atoms with Gasteiger partial charge in [-0.1, -0.05) is 6.07 Å². The lowest BCUT2D eigenvalue weighted by atomic mass is 10.1. The van der Waals surface area contributed by atoms with E-state index in [4.69, 9.17) is 4.74 Å². The minimum Gasteiger partial charge on any atom is -0.389 e. The van der Waals surface area contributed by atoms with Gasteiger partial charge >= 0.3 is 0 Å². The van der Waals surface area contributed by atoms with Crippen LogP contribution in [0.3, 0.4) is 0 Å². The van der Waals surface area contributed by atoms with Crippen molar-refractivity contribution in [3.05, 3.63) is 42.7 Å². The summed E-state index contributed by atoms with van der Waals surface area (Å²) in [5, 5.41) is 17.7. The van der Waals surface area contributed by atoms with Crippen LogP contribution >= 0.6 is 0 Å². The van der Waals surface area contributed by atoms with Gasteiger partial charge in [0.25, 0.3) is 0 Å². The molecule has 0 amide bonds. The first-order valence-electron chi connectivity index (χ1n) is 7.60. The van der Waals surface area contributed by atoms with E-state index in [-0.39, 0.29) is 6.04 Å². The van der Waals surface area contributed by atoms with E-state index in [1.165, 1.54) is 0 Å². The number of fused-ring (bicyclic) bond motifs is 1. The molecule has 0 spiro atoms. The zero-order valence-electron chi connectivity index (χ0n) is 12.5. The molecule has 0 aliphatic carbocycles. The van der Waals surface area contributed by atoms with Gasteiger partial charge in [0.15, 0.2) is 0 Å². The van der Waals surface area contributed by atoms with Gasteiger partial charge in [0.05, 0.1) is 41.9 Å². The van der Waals surface area contributed by atoms with Gasteiger partial charge in [0.2, 0.25) is 5.95 Å². The number of hydrogen-bond donors (Lipinski definition) is 2. The van der Waals surface area contributed by atoms with Crippen molar-refractivity contribution in [1.82, 2.24) is 19.6 Å². The summed E-state index contributed by atoms with van der Waals surface area (Å²) in [5.74, 6) is 0.483. The molecule has 7 heteroatoms. The Kier molecular flexibility index (Phi) is 3.64. The lowest BCUT2D eigenvalue weighted by Crippen LogP contribution is -2.42. The van der Waals surface area contributed by atoms with Crippen molar-refractivity contribution in [1.29, 1.82) is 0 Å². The lowest BCUT2D eigenvalue weighted by molar-refractivity contribution is -0.0136. The highest BCUT2D eigenvalue weighted by molar-refractivity contribution is 5.63. The summed E-state index contributed by atoms with van der Waals surface area (Å²) in [6.45, 7) is 0.961. The van der Waals surface area contributed by atoms with E-state index in [0.717, 1.165) is 23.3 Å². The summed E-state index contributed by atoms with van der Waals surface area (Å²) in [5.41, 5.74) is 2.64. The smallest absolute Gasteiger partial charge is 0.241 e. The largest absolute Gasteiger partial charge is 0.389 e. The Balaban J connectivity index is 1.67. The molecule has 3 aromatic rings. The molecule has 7 nitrogen and oxygen atoms in total. The molecule has 0 saturated carbocycles. The number of nitrogens with one attached hydrogen (secondary N) is 1. The average Bonchev–Trinajstić information content (AvgIpc) is 3.01. The van der Waals surface area contributed by atoms with Crippen LogP contribution < -0.4 is 5.32 Å². The fourth-order valence-electron chi connectivity index (χ4n) is 2.73. The zero-order valence-corrected chi connectivity index (χ0v) is 12.5. The normalized spacial score (nSPS) is 21.4. The topological polar surface area (TPSA) is 84.6 Å². The summed E-state index contributed by atoms with van der Waals surface area (Å²) in [7, 11) is 0. The fraction of sp³-hybridized carbons (Fsp3) is 0.312. The van der Waals surface area contributed by atoms with Crippen LogP contribution in [0.15, 0.2) is 42.7 Å². The van der Waals surface area contributed by atoms with Crippen LogP contribution in [0.25, 0.3) is 16.9 Å². The highest BCUT2D eigenvalue weighted by atomic mass is 16.5. The summed E-state index contributed by atoms with van der Waals surface area (Å²) in [6, 6.07) is 9.60. The first-order valence-corrected chi connectivity index (χ1v) is 7.60. The first kappa shape index (κ1) is 14.1. The highest BCUT2D eigenvalue weighted by Crippen LogP contribution is 2.20.